The van der Waals surface area contributed by atoms with E-state index < -0.39 is 0 Å². The van der Waals surface area contributed by atoms with Crippen molar-refractivity contribution in [3.8, 4) is 5.75 Å². The number of amides is 2. The Morgan fingerprint density at radius 3 is 2.43 bits per heavy atom. The van der Waals surface area contributed by atoms with Crippen molar-refractivity contribution in [2.24, 2.45) is 5.92 Å². The third-order valence-corrected chi connectivity index (χ3v) is 4.54. The molecule has 144 valence electrons. The van der Waals surface area contributed by atoms with Crippen LogP contribution in [0.3, 0.4) is 0 Å². The summed E-state index contributed by atoms with van der Waals surface area (Å²) in [6.07, 6.45) is 0. The van der Waals surface area contributed by atoms with Crippen LogP contribution in [-0.2, 0) is 11.4 Å². The molecule has 0 unspecified atom stereocenters. The highest BCUT2D eigenvalue weighted by atomic mass is 32.1. The summed E-state index contributed by atoms with van der Waals surface area (Å²) in [5.41, 5.74) is 4.43. The summed E-state index contributed by atoms with van der Waals surface area (Å²) in [5, 5.41) is 7.58. The van der Waals surface area contributed by atoms with Crippen LogP contribution in [0.2, 0.25) is 0 Å². The molecular weight excluding hydrogens is 374 g/mol. The van der Waals surface area contributed by atoms with Crippen LogP contribution >= 0.6 is 11.3 Å². The number of ether oxygens (including phenoxy) is 1. The molecule has 3 aromatic rings. The van der Waals surface area contributed by atoms with Crippen molar-refractivity contribution in [3.63, 3.8) is 0 Å². The highest BCUT2D eigenvalue weighted by Crippen LogP contribution is 2.18. The summed E-state index contributed by atoms with van der Waals surface area (Å²) in [5.74, 6) is 0.223. The van der Waals surface area contributed by atoms with Gasteiger partial charge in [-0.05, 0) is 42.5 Å². The van der Waals surface area contributed by atoms with E-state index in [1.807, 2.05) is 19.2 Å². The first-order valence-electron chi connectivity index (χ1n) is 8.83. The molecule has 0 spiro atoms. The largest absolute Gasteiger partial charge is 0.487 e. The first-order valence-corrected chi connectivity index (χ1v) is 9.78. The van der Waals surface area contributed by atoms with Crippen molar-refractivity contribution in [1.82, 2.24) is 4.98 Å². The summed E-state index contributed by atoms with van der Waals surface area (Å²) >= 11 is 1.51. The van der Waals surface area contributed by atoms with Crippen molar-refractivity contribution in [1.29, 1.82) is 0 Å². The topological polar surface area (TPSA) is 80.3 Å². The number of carbonyl (C=O) groups excluding carboxylic acids is 2. The van der Waals surface area contributed by atoms with Crippen molar-refractivity contribution < 1.29 is 14.3 Å². The second-order valence-corrected chi connectivity index (χ2v) is 7.19. The van der Waals surface area contributed by atoms with E-state index in [0.717, 1.165) is 5.69 Å². The van der Waals surface area contributed by atoms with E-state index in [-0.39, 0.29) is 17.7 Å². The zero-order valence-electron chi connectivity index (χ0n) is 15.6. The van der Waals surface area contributed by atoms with Gasteiger partial charge in [0.1, 0.15) is 12.4 Å². The van der Waals surface area contributed by atoms with Crippen LogP contribution in [-0.4, -0.2) is 16.8 Å². The summed E-state index contributed by atoms with van der Waals surface area (Å²) in [6, 6.07) is 14.0. The molecule has 0 bridgehead atoms. The van der Waals surface area contributed by atoms with E-state index in [9.17, 15) is 9.59 Å². The van der Waals surface area contributed by atoms with Crippen LogP contribution in [0.25, 0.3) is 0 Å². The Morgan fingerprint density at radius 1 is 1.07 bits per heavy atom. The van der Waals surface area contributed by atoms with Crippen molar-refractivity contribution >= 4 is 34.5 Å². The smallest absolute Gasteiger partial charge is 0.255 e. The second-order valence-electron chi connectivity index (χ2n) is 6.47. The molecule has 0 fully saturated rings. The summed E-state index contributed by atoms with van der Waals surface area (Å²) in [4.78, 5) is 28.4. The Labute approximate surface area is 167 Å². The van der Waals surface area contributed by atoms with Gasteiger partial charge in [0, 0.05) is 28.2 Å². The Morgan fingerprint density at radius 2 is 1.79 bits per heavy atom. The number of benzene rings is 2. The molecule has 0 saturated heterocycles. The van der Waals surface area contributed by atoms with Crippen LogP contribution in [0.1, 0.15) is 29.9 Å². The molecular formula is C21H21N3O3S. The van der Waals surface area contributed by atoms with Crippen LogP contribution in [0.15, 0.2) is 59.4 Å². The fourth-order valence-electron chi connectivity index (χ4n) is 2.32. The van der Waals surface area contributed by atoms with E-state index in [0.29, 0.717) is 29.3 Å². The van der Waals surface area contributed by atoms with E-state index in [2.05, 4.69) is 15.6 Å². The Balaban J connectivity index is 1.59. The molecule has 28 heavy (non-hydrogen) atoms. The van der Waals surface area contributed by atoms with Gasteiger partial charge in [0.2, 0.25) is 5.91 Å². The van der Waals surface area contributed by atoms with Crippen LogP contribution in [0, 0.1) is 5.92 Å². The number of hydrogen-bond donors (Lipinski definition) is 2. The Kier molecular flexibility index (Phi) is 6.39. The molecule has 0 radical (unpaired) electrons. The molecule has 1 heterocycles. The molecule has 0 atom stereocenters. The van der Waals surface area contributed by atoms with E-state index in [4.69, 9.17) is 4.74 Å². The van der Waals surface area contributed by atoms with Gasteiger partial charge in [0.15, 0.2) is 0 Å². The predicted octanol–water partition coefficient (Wildman–Crippen LogP) is 4.57. The van der Waals surface area contributed by atoms with Crippen LogP contribution in [0.4, 0.5) is 11.4 Å². The van der Waals surface area contributed by atoms with E-state index >= 15 is 0 Å². The summed E-state index contributed by atoms with van der Waals surface area (Å²) in [7, 11) is 0. The second kappa shape index (κ2) is 9.14. The van der Waals surface area contributed by atoms with Gasteiger partial charge >= 0.3 is 0 Å². The fraction of sp³-hybridized carbons (Fsp3) is 0.190. The number of aromatic nitrogens is 1. The quantitative estimate of drug-likeness (QED) is 0.614. The molecule has 2 N–H and O–H groups in total. The minimum absolute atomic E-state index is 0.0498. The third kappa shape index (κ3) is 5.40. The molecule has 2 amide bonds. The highest BCUT2D eigenvalue weighted by Gasteiger charge is 2.09. The van der Waals surface area contributed by atoms with Gasteiger partial charge in [0.05, 0.1) is 11.2 Å². The highest BCUT2D eigenvalue weighted by molar-refractivity contribution is 7.07. The minimum Gasteiger partial charge on any atom is -0.487 e. The first kappa shape index (κ1) is 19.6. The molecule has 3 rings (SSSR count). The molecule has 0 aliphatic rings. The zero-order chi connectivity index (χ0) is 19.9. The van der Waals surface area contributed by atoms with E-state index in [1.165, 1.54) is 11.3 Å². The molecule has 6 nitrogen and oxygen atoms in total. The Bertz CT molecular complexity index is 938. The van der Waals surface area contributed by atoms with Gasteiger partial charge in [0.25, 0.3) is 5.91 Å². The van der Waals surface area contributed by atoms with Gasteiger partial charge in [-0.1, -0.05) is 19.9 Å². The maximum atomic E-state index is 12.5. The van der Waals surface area contributed by atoms with Gasteiger partial charge in [-0.25, -0.2) is 4.98 Å². The average Bonchev–Trinajstić information content (AvgIpc) is 3.21. The van der Waals surface area contributed by atoms with Gasteiger partial charge in [-0.2, -0.15) is 0 Å². The summed E-state index contributed by atoms with van der Waals surface area (Å²) in [6.45, 7) is 4.02. The molecule has 7 heteroatoms. The van der Waals surface area contributed by atoms with Crippen molar-refractivity contribution in [3.05, 3.63) is 70.7 Å². The fourth-order valence-corrected chi connectivity index (χ4v) is 2.86. The third-order valence-electron chi connectivity index (χ3n) is 3.90. The number of nitrogens with one attached hydrogen (secondary N) is 2. The van der Waals surface area contributed by atoms with Gasteiger partial charge in [-0.15, -0.1) is 11.3 Å². The summed E-state index contributed by atoms with van der Waals surface area (Å²) < 4.78 is 5.69. The average molecular weight is 395 g/mol. The lowest BCUT2D eigenvalue weighted by atomic mass is 10.2. The number of anilines is 2. The molecule has 1 aromatic heterocycles. The molecule has 0 saturated carbocycles. The van der Waals surface area contributed by atoms with Crippen molar-refractivity contribution in [2.75, 3.05) is 10.6 Å². The minimum atomic E-state index is -0.238. The molecule has 0 aliphatic heterocycles. The van der Waals surface area contributed by atoms with Crippen LogP contribution in [0.5, 0.6) is 5.75 Å². The number of rotatable bonds is 7. The number of hydrogen-bond acceptors (Lipinski definition) is 5. The number of thiazole rings is 1. The maximum Gasteiger partial charge on any atom is 0.255 e. The first-order chi connectivity index (χ1) is 13.5. The monoisotopic (exact) mass is 395 g/mol. The van der Waals surface area contributed by atoms with Crippen molar-refractivity contribution in [2.45, 2.75) is 20.5 Å². The molecule has 2 aromatic carbocycles. The van der Waals surface area contributed by atoms with Crippen LogP contribution < -0.4 is 15.4 Å². The maximum absolute atomic E-state index is 12.5. The predicted molar refractivity (Wildman–Crippen MR) is 111 cm³/mol. The number of nitrogens with zero attached hydrogens (tertiary/aromatic N) is 1. The SMILES string of the molecule is CC(C)C(=O)Nc1ccc(NC(=O)c2cccc(OCc3cscn3)c2)cc1. The lowest BCUT2D eigenvalue weighted by molar-refractivity contribution is -0.118. The zero-order valence-corrected chi connectivity index (χ0v) is 16.5. The number of carbonyl (C=O) groups is 2. The van der Waals surface area contributed by atoms with Gasteiger partial charge < -0.3 is 15.4 Å². The van der Waals surface area contributed by atoms with E-state index in [1.54, 1.807) is 54.0 Å². The molecule has 0 aliphatic carbocycles. The lowest BCUT2D eigenvalue weighted by Gasteiger charge is -2.10. The van der Waals surface area contributed by atoms with Gasteiger partial charge in [-0.3, -0.25) is 9.59 Å². The lowest BCUT2D eigenvalue weighted by Crippen LogP contribution is -2.17. The normalized spacial score (nSPS) is 10.5. The Hall–Kier alpha value is -3.19. The standard InChI is InChI=1S/C21H21N3O3S/c1-14(2)20(25)23-16-6-8-17(9-7-16)24-21(26)15-4-3-5-19(10-15)27-11-18-12-28-13-22-18/h3-10,12-14H,11H2,1-2H3,(H,23,25)(H,24,26).